The van der Waals surface area contributed by atoms with Crippen molar-refractivity contribution in [3.63, 3.8) is 0 Å². The Hall–Kier alpha value is -1.26. The van der Waals surface area contributed by atoms with Crippen molar-refractivity contribution in [3.8, 4) is 0 Å². The van der Waals surface area contributed by atoms with E-state index in [2.05, 4.69) is 15.9 Å². The molecular weight excluding hydrogens is 299 g/mol. The number of allylic oxidation sites excluding steroid dienone is 2. The van der Waals surface area contributed by atoms with Crippen molar-refractivity contribution in [2.24, 2.45) is 0 Å². The van der Waals surface area contributed by atoms with Crippen LogP contribution in [0.5, 0.6) is 0 Å². The van der Waals surface area contributed by atoms with E-state index in [9.17, 15) is 9.18 Å². The number of ether oxygens (including phenoxy) is 1. The second-order valence-corrected chi connectivity index (χ2v) is 5.19. The Labute approximate surface area is 113 Å². The maximum Gasteiger partial charge on any atom is 0.192 e. The van der Waals surface area contributed by atoms with E-state index in [0.717, 1.165) is 0 Å². The molecule has 0 saturated carbocycles. The van der Waals surface area contributed by atoms with Crippen molar-refractivity contribution in [1.29, 1.82) is 0 Å². The SMILES string of the molecule is COC1(Br)C=CC(C(=O)c2ccccc2)=CC1F. The minimum atomic E-state index is -1.41. The third-order valence-electron chi connectivity index (χ3n) is 2.80. The number of hydrogen-bond acceptors (Lipinski definition) is 2. The molecule has 1 aromatic carbocycles. The molecule has 2 nitrogen and oxygen atoms in total. The first kappa shape index (κ1) is 13.2. The van der Waals surface area contributed by atoms with Gasteiger partial charge >= 0.3 is 0 Å². The van der Waals surface area contributed by atoms with Crippen molar-refractivity contribution in [3.05, 3.63) is 59.7 Å². The van der Waals surface area contributed by atoms with E-state index in [0.29, 0.717) is 11.1 Å². The van der Waals surface area contributed by atoms with Gasteiger partial charge in [-0.3, -0.25) is 4.79 Å². The zero-order chi connectivity index (χ0) is 13.2. The van der Waals surface area contributed by atoms with Gasteiger partial charge in [-0.15, -0.1) is 0 Å². The Morgan fingerprint density at radius 1 is 1.39 bits per heavy atom. The molecule has 0 N–H and O–H groups in total. The molecule has 4 heteroatoms. The van der Waals surface area contributed by atoms with Crippen LogP contribution < -0.4 is 0 Å². The highest BCUT2D eigenvalue weighted by Gasteiger charge is 2.36. The molecule has 0 amide bonds. The summed E-state index contributed by atoms with van der Waals surface area (Å²) in [5, 5.41) is 0. The predicted octanol–water partition coefficient (Wildman–Crippen LogP) is 3.44. The fourth-order valence-corrected chi connectivity index (χ4v) is 1.97. The van der Waals surface area contributed by atoms with Gasteiger partial charge in [0, 0.05) is 18.2 Å². The minimum Gasteiger partial charge on any atom is -0.360 e. The number of alkyl halides is 2. The highest BCUT2D eigenvalue weighted by Crippen LogP contribution is 2.33. The second kappa shape index (κ2) is 5.16. The van der Waals surface area contributed by atoms with Gasteiger partial charge in [-0.25, -0.2) is 4.39 Å². The fraction of sp³-hybridized carbons (Fsp3) is 0.214. The van der Waals surface area contributed by atoms with Crippen LogP contribution in [-0.2, 0) is 4.74 Å². The molecule has 0 aliphatic heterocycles. The third-order valence-corrected chi connectivity index (χ3v) is 3.83. The average molecular weight is 311 g/mol. The summed E-state index contributed by atoms with van der Waals surface area (Å²) in [5.74, 6) is -0.194. The Bertz CT molecular complexity index is 510. The van der Waals surface area contributed by atoms with Gasteiger partial charge in [0.1, 0.15) is 0 Å². The van der Waals surface area contributed by atoms with Crippen LogP contribution in [0.15, 0.2) is 54.1 Å². The molecule has 1 aromatic rings. The summed E-state index contributed by atoms with van der Waals surface area (Å²) in [5.41, 5.74) is 0.876. The summed E-state index contributed by atoms with van der Waals surface area (Å²) >= 11 is 3.15. The molecule has 0 saturated heterocycles. The standard InChI is InChI=1S/C14H12BrFO2/c1-18-14(15)8-7-11(9-12(14)16)13(17)10-5-3-2-4-6-10/h2-9,12H,1H3. The van der Waals surface area contributed by atoms with Crippen LogP contribution in [0, 0.1) is 0 Å². The number of ketones is 1. The van der Waals surface area contributed by atoms with Crippen LogP contribution in [0.25, 0.3) is 0 Å². The molecule has 18 heavy (non-hydrogen) atoms. The summed E-state index contributed by atoms with van der Waals surface area (Å²) in [6.45, 7) is 0. The Morgan fingerprint density at radius 2 is 2.06 bits per heavy atom. The summed E-state index contributed by atoms with van der Waals surface area (Å²) in [7, 11) is 1.41. The average Bonchev–Trinajstić information content (AvgIpc) is 2.42. The lowest BCUT2D eigenvalue weighted by molar-refractivity contribution is 0.0623. The number of methoxy groups -OCH3 is 1. The van der Waals surface area contributed by atoms with Gasteiger partial charge in [-0.2, -0.15) is 0 Å². The first-order valence-electron chi connectivity index (χ1n) is 5.46. The van der Waals surface area contributed by atoms with Crippen molar-refractivity contribution in [2.75, 3.05) is 7.11 Å². The van der Waals surface area contributed by atoms with E-state index >= 15 is 0 Å². The molecule has 0 radical (unpaired) electrons. The summed E-state index contributed by atoms with van der Waals surface area (Å²) in [6.07, 6.45) is 2.95. The number of benzene rings is 1. The zero-order valence-electron chi connectivity index (χ0n) is 9.77. The van der Waals surface area contributed by atoms with E-state index in [1.165, 1.54) is 19.3 Å². The lowest BCUT2D eigenvalue weighted by Gasteiger charge is -2.27. The van der Waals surface area contributed by atoms with Crippen LogP contribution in [0.1, 0.15) is 10.4 Å². The van der Waals surface area contributed by atoms with Crippen LogP contribution in [-0.4, -0.2) is 23.6 Å². The van der Waals surface area contributed by atoms with E-state index in [-0.39, 0.29) is 5.78 Å². The van der Waals surface area contributed by atoms with Gasteiger partial charge in [-0.1, -0.05) is 36.4 Å². The molecule has 2 rings (SSSR count). The predicted molar refractivity (Wildman–Crippen MR) is 71.6 cm³/mol. The molecular formula is C14H12BrFO2. The van der Waals surface area contributed by atoms with Crippen LogP contribution in [0.3, 0.4) is 0 Å². The zero-order valence-corrected chi connectivity index (χ0v) is 11.4. The lowest BCUT2D eigenvalue weighted by Crippen LogP contribution is -2.34. The van der Waals surface area contributed by atoms with Crippen molar-refractivity contribution in [2.45, 2.75) is 10.7 Å². The van der Waals surface area contributed by atoms with Gasteiger partial charge in [0.05, 0.1) is 0 Å². The summed E-state index contributed by atoms with van der Waals surface area (Å²) < 4.78 is 17.8. The minimum absolute atomic E-state index is 0.194. The molecule has 0 bridgehead atoms. The molecule has 2 unspecified atom stereocenters. The second-order valence-electron chi connectivity index (χ2n) is 3.95. The Kier molecular flexibility index (Phi) is 3.78. The number of carbonyl (C=O) groups is 1. The van der Waals surface area contributed by atoms with E-state index in [1.54, 1.807) is 30.3 Å². The van der Waals surface area contributed by atoms with Gasteiger partial charge in [-0.05, 0) is 28.1 Å². The number of carbonyl (C=O) groups excluding carboxylic acids is 1. The monoisotopic (exact) mass is 310 g/mol. The molecule has 0 spiro atoms. The van der Waals surface area contributed by atoms with Gasteiger partial charge in [0.15, 0.2) is 16.5 Å². The van der Waals surface area contributed by atoms with E-state index in [4.69, 9.17) is 4.74 Å². The topological polar surface area (TPSA) is 26.3 Å². The highest BCUT2D eigenvalue weighted by atomic mass is 79.9. The van der Waals surface area contributed by atoms with Gasteiger partial charge < -0.3 is 4.74 Å². The molecule has 0 heterocycles. The normalized spacial score (nSPS) is 26.8. The number of rotatable bonds is 3. The first-order valence-corrected chi connectivity index (χ1v) is 6.25. The maximum atomic E-state index is 13.9. The van der Waals surface area contributed by atoms with E-state index < -0.39 is 10.7 Å². The van der Waals surface area contributed by atoms with Gasteiger partial charge in [0.2, 0.25) is 0 Å². The molecule has 94 valence electrons. The number of hydrogen-bond donors (Lipinski definition) is 0. The molecule has 1 aliphatic carbocycles. The van der Waals surface area contributed by atoms with Gasteiger partial charge in [0.25, 0.3) is 0 Å². The molecule has 0 aromatic heterocycles. The largest absolute Gasteiger partial charge is 0.360 e. The lowest BCUT2D eigenvalue weighted by atomic mass is 9.96. The summed E-state index contributed by atoms with van der Waals surface area (Å²) in [6, 6.07) is 8.79. The molecule has 0 fully saturated rings. The van der Waals surface area contributed by atoms with E-state index in [1.807, 2.05) is 6.07 Å². The maximum absolute atomic E-state index is 13.9. The van der Waals surface area contributed by atoms with Crippen LogP contribution in [0.2, 0.25) is 0 Å². The first-order chi connectivity index (χ1) is 8.57. The van der Waals surface area contributed by atoms with Crippen molar-refractivity contribution >= 4 is 21.7 Å². The quantitative estimate of drug-likeness (QED) is 0.631. The highest BCUT2D eigenvalue weighted by molar-refractivity contribution is 9.10. The third kappa shape index (κ3) is 2.44. The molecule has 1 aliphatic rings. The van der Waals surface area contributed by atoms with Crippen molar-refractivity contribution in [1.82, 2.24) is 0 Å². The Balaban J connectivity index is 2.25. The van der Waals surface area contributed by atoms with Crippen LogP contribution >= 0.6 is 15.9 Å². The number of halogens is 2. The fourth-order valence-electron chi connectivity index (χ4n) is 1.71. The smallest absolute Gasteiger partial charge is 0.192 e. The number of Topliss-reactive ketones (excluding diaryl/α,β-unsaturated/α-hetero) is 1. The molecule has 2 atom stereocenters. The van der Waals surface area contributed by atoms with Crippen LogP contribution in [0.4, 0.5) is 4.39 Å². The van der Waals surface area contributed by atoms with Crippen molar-refractivity contribution < 1.29 is 13.9 Å². The Morgan fingerprint density at radius 3 is 2.61 bits per heavy atom. The summed E-state index contributed by atoms with van der Waals surface area (Å²) in [4.78, 5) is 12.1.